The van der Waals surface area contributed by atoms with Crippen LogP contribution in [-0.2, 0) is 4.79 Å². The second-order valence-electron chi connectivity index (χ2n) is 9.81. The minimum atomic E-state index is 0.0403. The van der Waals surface area contributed by atoms with Crippen molar-refractivity contribution in [2.75, 3.05) is 7.05 Å². The molecule has 3 aliphatic carbocycles. The fourth-order valence-corrected chi connectivity index (χ4v) is 7.90. The maximum absolute atomic E-state index is 12.5. The fraction of sp³-hybridized carbons (Fsp3) is 0.652. The molecule has 0 radical (unpaired) electrons. The molecule has 1 aliphatic heterocycles. The van der Waals surface area contributed by atoms with Crippen molar-refractivity contribution in [1.29, 1.82) is 0 Å². The molecule has 4 aliphatic rings. The van der Waals surface area contributed by atoms with E-state index in [1.807, 2.05) is 29.6 Å². The number of likely N-dealkylation sites (N-methyl/N-ethyl adjacent to an activating group) is 1. The molecule has 4 heteroatoms. The SMILES string of the molecule is CN1C(=O)C=C[C@]2(C)[C@H]3CC[C@]4(C)CCC[C@H]4[C@@H]3CC(=Cc3nccs3)[C@@H]12. The molecule has 0 aromatic carbocycles. The van der Waals surface area contributed by atoms with Gasteiger partial charge in [-0.25, -0.2) is 4.98 Å². The highest BCUT2D eigenvalue weighted by Crippen LogP contribution is 2.64. The zero-order valence-electron chi connectivity index (χ0n) is 16.6. The molecule has 1 amide bonds. The molecule has 1 aromatic rings. The lowest BCUT2D eigenvalue weighted by molar-refractivity contribution is -0.133. The number of hydrogen-bond acceptors (Lipinski definition) is 3. The molecule has 6 atom stereocenters. The van der Waals surface area contributed by atoms with Crippen molar-refractivity contribution in [1.82, 2.24) is 9.88 Å². The van der Waals surface area contributed by atoms with Crippen molar-refractivity contribution < 1.29 is 4.79 Å². The van der Waals surface area contributed by atoms with Crippen molar-refractivity contribution in [3.8, 4) is 0 Å². The molecule has 3 fully saturated rings. The Hall–Kier alpha value is -1.42. The highest BCUT2D eigenvalue weighted by Gasteiger charge is 2.59. The van der Waals surface area contributed by atoms with Gasteiger partial charge < -0.3 is 4.90 Å². The molecule has 5 rings (SSSR count). The number of amides is 1. The second kappa shape index (κ2) is 6.04. The fourth-order valence-electron chi connectivity index (χ4n) is 7.30. The lowest BCUT2D eigenvalue weighted by Gasteiger charge is -2.60. The van der Waals surface area contributed by atoms with Gasteiger partial charge in [0.1, 0.15) is 5.01 Å². The van der Waals surface area contributed by atoms with Crippen LogP contribution in [0.2, 0.25) is 0 Å². The van der Waals surface area contributed by atoms with Gasteiger partial charge in [-0.15, -0.1) is 11.3 Å². The Morgan fingerprint density at radius 1 is 1.26 bits per heavy atom. The Labute approximate surface area is 166 Å². The zero-order chi connectivity index (χ0) is 18.8. The molecule has 0 bridgehead atoms. The predicted octanol–water partition coefficient (Wildman–Crippen LogP) is 5.17. The average molecular weight is 383 g/mol. The van der Waals surface area contributed by atoms with E-state index in [0.29, 0.717) is 11.3 Å². The number of rotatable bonds is 1. The number of thiazole rings is 1. The molecule has 0 saturated heterocycles. The Kier molecular flexibility index (Phi) is 3.95. The van der Waals surface area contributed by atoms with Crippen LogP contribution in [0.3, 0.4) is 0 Å². The van der Waals surface area contributed by atoms with Gasteiger partial charge in [0, 0.05) is 24.0 Å². The molecule has 0 spiro atoms. The van der Waals surface area contributed by atoms with Gasteiger partial charge in [-0.2, -0.15) is 0 Å². The maximum Gasteiger partial charge on any atom is 0.246 e. The number of nitrogens with zero attached hydrogens (tertiary/aromatic N) is 2. The van der Waals surface area contributed by atoms with Crippen molar-refractivity contribution >= 4 is 23.3 Å². The minimum absolute atomic E-state index is 0.0403. The highest BCUT2D eigenvalue weighted by molar-refractivity contribution is 7.10. The van der Waals surface area contributed by atoms with Crippen molar-refractivity contribution in [2.24, 2.45) is 28.6 Å². The van der Waals surface area contributed by atoms with E-state index in [0.717, 1.165) is 23.3 Å². The third-order valence-corrected chi connectivity index (χ3v) is 9.23. The van der Waals surface area contributed by atoms with Crippen LogP contribution in [0.1, 0.15) is 57.4 Å². The molecule has 27 heavy (non-hydrogen) atoms. The van der Waals surface area contributed by atoms with Crippen LogP contribution in [-0.4, -0.2) is 28.9 Å². The maximum atomic E-state index is 12.5. The molecule has 0 unspecified atom stereocenters. The van der Waals surface area contributed by atoms with Crippen LogP contribution >= 0.6 is 11.3 Å². The molecule has 144 valence electrons. The van der Waals surface area contributed by atoms with Crippen LogP contribution in [0.25, 0.3) is 6.08 Å². The quantitative estimate of drug-likeness (QED) is 0.672. The zero-order valence-corrected chi connectivity index (χ0v) is 17.5. The van der Waals surface area contributed by atoms with Crippen molar-refractivity contribution in [3.05, 3.63) is 34.3 Å². The van der Waals surface area contributed by atoms with Crippen LogP contribution < -0.4 is 0 Å². The van der Waals surface area contributed by atoms with Crippen molar-refractivity contribution in [2.45, 2.75) is 58.4 Å². The summed E-state index contributed by atoms with van der Waals surface area (Å²) in [6.45, 7) is 4.97. The molecular weight excluding hydrogens is 352 g/mol. The van der Waals surface area contributed by atoms with Gasteiger partial charge in [0.15, 0.2) is 0 Å². The average Bonchev–Trinajstić information content (AvgIpc) is 3.27. The van der Waals surface area contributed by atoms with Gasteiger partial charge >= 0.3 is 0 Å². The monoisotopic (exact) mass is 382 g/mol. The van der Waals surface area contributed by atoms with E-state index < -0.39 is 0 Å². The summed E-state index contributed by atoms with van der Waals surface area (Å²) in [6, 6.07) is 0.172. The highest BCUT2D eigenvalue weighted by atomic mass is 32.1. The first-order valence-electron chi connectivity index (χ1n) is 10.5. The second-order valence-corrected chi connectivity index (χ2v) is 10.7. The van der Waals surface area contributed by atoms with Crippen LogP contribution in [0, 0.1) is 28.6 Å². The van der Waals surface area contributed by atoms with E-state index in [9.17, 15) is 4.79 Å². The van der Waals surface area contributed by atoms with Gasteiger partial charge in [0.25, 0.3) is 0 Å². The van der Waals surface area contributed by atoms with Gasteiger partial charge in [-0.05, 0) is 73.0 Å². The number of carbonyl (C=O) groups is 1. The molecule has 3 nitrogen and oxygen atoms in total. The van der Waals surface area contributed by atoms with Crippen molar-refractivity contribution in [3.63, 3.8) is 0 Å². The third kappa shape index (κ3) is 2.52. The Morgan fingerprint density at radius 3 is 2.89 bits per heavy atom. The normalized spacial score (nSPS) is 44.9. The molecule has 3 saturated carbocycles. The number of hydrogen-bond donors (Lipinski definition) is 0. The smallest absolute Gasteiger partial charge is 0.246 e. The summed E-state index contributed by atoms with van der Waals surface area (Å²) in [6.07, 6.45) is 16.3. The van der Waals surface area contributed by atoms with Gasteiger partial charge in [0.2, 0.25) is 5.91 Å². The van der Waals surface area contributed by atoms with E-state index in [1.165, 1.54) is 37.7 Å². The number of fused-ring (bicyclic) bond motifs is 5. The summed E-state index contributed by atoms with van der Waals surface area (Å²) >= 11 is 1.70. The molecular formula is C23H30N2OS. The summed E-state index contributed by atoms with van der Waals surface area (Å²) in [5.74, 6) is 2.40. The predicted molar refractivity (Wildman–Crippen MR) is 110 cm³/mol. The van der Waals surface area contributed by atoms with E-state index in [4.69, 9.17) is 0 Å². The summed E-state index contributed by atoms with van der Waals surface area (Å²) in [4.78, 5) is 19.0. The third-order valence-electron chi connectivity index (χ3n) is 8.51. The Bertz CT molecular complexity index is 812. The van der Waals surface area contributed by atoms with Crippen LogP contribution in [0.15, 0.2) is 29.3 Å². The van der Waals surface area contributed by atoms with E-state index in [2.05, 4.69) is 31.0 Å². The largest absolute Gasteiger partial charge is 0.335 e. The summed E-state index contributed by atoms with van der Waals surface area (Å²) < 4.78 is 0. The first-order chi connectivity index (χ1) is 12.9. The Morgan fingerprint density at radius 2 is 2.11 bits per heavy atom. The van der Waals surface area contributed by atoms with Crippen LogP contribution in [0.4, 0.5) is 0 Å². The number of aromatic nitrogens is 1. The summed E-state index contributed by atoms with van der Waals surface area (Å²) in [7, 11) is 1.99. The first-order valence-corrected chi connectivity index (χ1v) is 11.4. The lowest BCUT2D eigenvalue weighted by Crippen LogP contribution is -2.60. The van der Waals surface area contributed by atoms with Gasteiger partial charge in [-0.3, -0.25) is 4.79 Å². The first kappa shape index (κ1) is 17.7. The molecule has 1 aromatic heterocycles. The van der Waals surface area contributed by atoms with Gasteiger partial charge in [-0.1, -0.05) is 26.3 Å². The summed E-state index contributed by atoms with van der Waals surface area (Å²) in [5.41, 5.74) is 2.00. The number of carbonyl (C=O) groups excluding carboxylic acids is 1. The van der Waals surface area contributed by atoms with E-state index in [1.54, 1.807) is 11.3 Å². The topological polar surface area (TPSA) is 33.2 Å². The standard InChI is InChI=1S/C23H30N2OS/c1-22-8-4-5-17(22)16-13-15(14-19-24-11-12-27-19)21-23(2,18(16)6-9-22)10-7-20(26)25(21)3/h7,10-12,14,16-18,21H,4-6,8-9,13H2,1-3H3/t16-,17-,18-,21+,22-,23+/m0/s1. The summed E-state index contributed by atoms with van der Waals surface area (Å²) in [5, 5.41) is 3.12. The van der Waals surface area contributed by atoms with Gasteiger partial charge in [0.05, 0.1) is 6.04 Å². The minimum Gasteiger partial charge on any atom is -0.335 e. The van der Waals surface area contributed by atoms with E-state index >= 15 is 0 Å². The molecule has 0 N–H and O–H groups in total. The van der Waals surface area contributed by atoms with E-state index in [-0.39, 0.29) is 17.4 Å². The molecule has 2 heterocycles. The van der Waals surface area contributed by atoms with Crippen LogP contribution in [0.5, 0.6) is 0 Å². The lowest BCUT2D eigenvalue weighted by atomic mass is 9.47. The Balaban J connectivity index is 1.62.